The minimum absolute atomic E-state index is 0.0382. The fourth-order valence-corrected chi connectivity index (χ4v) is 3.41. The largest absolute Gasteiger partial charge is 0.491 e. The van der Waals surface area contributed by atoms with Gasteiger partial charge in [-0.05, 0) is 90.1 Å². The molecular formula is C32H40O12. The van der Waals surface area contributed by atoms with Gasteiger partial charge in [-0.15, -0.1) is 0 Å². The molecule has 2 aromatic rings. The van der Waals surface area contributed by atoms with Crippen LogP contribution in [-0.2, 0) is 28.7 Å². The Hall–Kier alpha value is -4.42. The van der Waals surface area contributed by atoms with Gasteiger partial charge in [0.15, 0.2) is 11.4 Å². The van der Waals surface area contributed by atoms with Crippen LogP contribution in [0.15, 0.2) is 48.5 Å². The van der Waals surface area contributed by atoms with Gasteiger partial charge in [0.1, 0.15) is 61.3 Å². The van der Waals surface area contributed by atoms with Crippen molar-refractivity contribution in [1.29, 1.82) is 0 Å². The molecule has 2 rings (SSSR count). The second-order valence-corrected chi connectivity index (χ2v) is 10.6. The van der Waals surface area contributed by atoms with Crippen molar-refractivity contribution in [2.45, 2.75) is 65.6 Å². The van der Waals surface area contributed by atoms with E-state index < -0.39 is 23.1 Å². The summed E-state index contributed by atoms with van der Waals surface area (Å²) in [4.78, 5) is 68.4. The van der Waals surface area contributed by atoms with Crippen molar-refractivity contribution in [3.8, 4) is 11.5 Å². The standard InChI is InChI=1S/2C16H20O6/c1-11(17)10-14(18)22-9-8-21-13-6-4-12(5-7-13)15(19)16(2,3)20;1-11(18)10-14(19)22-16(2,3)15(20)12-4-6-13(7-5-12)21-9-8-17/h4-7,20H,8-10H2,1-3H3;4-7,17H,8-10H2,1-3H3. The molecule has 2 aromatic carbocycles. The van der Waals surface area contributed by atoms with Crippen molar-refractivity contribution in [2.24, 2.45) is 0 Å². The van der Waals surface area contributed by atoms with Crippen LogP contribution in [0.4, 0.5) is 0 Å². The zero-order valence-electron chi connectivity index (χ0n) is 25.8. The third-order valence-electron chi connectivity index (χ3n) is 5.47. The summed E-state index contributed by atoms with van der Waals surface area (Å²) in [7, 11) is 0. The van der Waals surface area contributed by atoms with Crippen molar-refractivity contribution < 1.29 is 57.9 Å². The van der Waals surface area contributed by atoms with Crippen LogP contribution in [0.25, 0.3) is 0 Å². The summed E-state index contributed by atoms with van der Waals surface area (Å²) in [5, 5.41) is 18.3. The Morgan fingerprint density at radius 2 is 1.07 bits per heavy atom. The molecule has 0 saturated carbocycles. The van der Waals surface area contributed by atoms with Gasteiger partial charge in [-0.3, -0.25) is 28.8 Å². The van der Waals surface area contributed by atoms with Gasteiger partial charge in [0.2, 0.25) is 5.78 Å². The SMILES string of the molecule is CC(=O)CC(=O)OC(C)(C)C(=O)c1ccc(OCCO)cc1.CC(=O)CC(=O)OCCOc1ccc(C(=O)C(C)(C)O)cc1. The monoisotopic (exact) mass is 616 g/mol. The lowest BCUT2D eigenvalue weighted by Crippen LogP contribution is -2.37. The minimum Gasteiger partial charge on any atom is -0.491 e. The topological polar surface area (TPSA) is 180 Å². The highest BCUT2D eigenvalue weighted by molar-refractivity contribution is 6.04. The lowest BCUT2D eigenvalue weighted by Gasteiger charge is -2.23. The summed E-state index contributed by atoms with van der Waals surface area (Å²) in [5.74, 6) is -1.60. The molecule has 0 unspecified atom stereocenters. The molecule has 0 spiro atoms. The number of ether oxygens (including phenoxy) is 4. The first-order valence-electron chi connectivity index (χ1n) is 13.7. The van der Waals surface area contributed by atoms with Crippen molar-refractivity contribution >= 4 is 35.1 Å². The zero-order valence-corrected chi connectivity index (χ0v) is 25.8. The van der Waals surface area contributed by atoms with Gasteiger partial charge in [0.25, 0.3) is 0 Å². The molecule has 12 heteroatoms. The van der Waals surface area contributed by atoms with Crippen LogP contribution in [0.5, 0.6) is 11.5 Å². The molecular weight excluding hydrogens is 576 g/mol. The van der Waals surface area contributed by atoms with Crippen LogP contribution in [0, 0.1) is 0 Å². The number of ketones is 4. The number of carbonyl (C=O) groups excluding carboxylic acids is 6. The Kier molecular flexibility index (Phi) is 15.1. The van der Waals surface area contributed by atoms with Gasteiger partial charge in [0, 0.05) is 11.1 Å². The summed E-state index contributed by atoms with van der Waals surface area (Å²) >= 11 is 0. The summed E-state index contributed by atoms with van der Waals surface area (Å²) in [5.41, 5.74) is -2.04. The van der Waals surface area contributed by atoms with E-state index in [1.807, 2.05) is 0 Å². The summed E-state index contributed by atoms with van der Waals surface area (Å²) in [6, 6.07) is 12.6. The summed E-state index contributed by atoms with van der Waals surface area (Å²) in [6.07, 6.45) is -0.599. The molecule has 0 amide bonds. The van der Waals surface area contributed by atoms with E-state index in [0.29, 0.717) is 22.6 Å². The fourth-order valence-electron chi connectivity index (χ4n) is 3.41. The fraction of sp³-hybridized carbons (Fsp3) is 0.438. The van der Waals surface area contributed by atoms with E-state index >= 15 is 0 Å². The van der Waals surface area contributed by atoms with Crippen LogP contribution in [0.3, 0.4) is 0 Å². The van der Waals surface area contributed by atoms with Crippen LogP contribution in [0.2, 0.25) is 0 Å². The maximum absolute atomic E-state index is 12.4. The molecule has 0 fully saturated rings. The molecule has 240 valence electrons. The molecule has 0 saturated heterocycles. The average Bonchev–Trinajstić information content (AvgIpc) is 2.92. The maximum atomic E-state index is 12.4. The van der Waals surface area contributed by atoms with E-state index in [0.717, 1.165) is 0 Å². The predicted molar refractivity (Wildman–Crippen MR) is 158 cm³/mol. The number of benzene rings is 2. The van der Waals surface area contributed by atoms with Gasteiger partial charge >= 0.3 is 11.9 Å². The average molecular weight is 617 g/mol. The van der Waals surface area contributed by atoms with E-state index in [4.69, 9.17) is 24.1 Å². The summed E-state index contributed by atoms with van der Waals surface area (Å²) < 4.78 is 20.4. The number of Topliss-reactive ketones (excluding diaryl/α,β-unsaturated/α-hetero) is 4. The van der Waals surface area contributed by atoms with E-state index in [9.17, 15) is 33.9 Å². The Labute approximate surface area is 256 Å². The van der Waals surface area contributed by atoms with Gasteiger partial charge in [-0.25, -0.2) is 0 Å². The molecule has 2 N–H and O–H groups in total. The van der Waals surface area contributed by atoms with Crippen LogP contribution < -0.4 is 9.47 Å². The highest BCUT2D eigenvalue weighted by Crippen LogP contribution is 2.21. The zero-order chi connectivity index (χ0) is 33.5. The van der Waals surface area contributed by atoms with E-state index in [-0.39, 0.29) is 62.4 Å². The van der Waals surface area contributed by atoms with Gasteiger partial charge < -0.3 is 29.2 Å². The number of aliphatic hydroxyl groups excluding tert-OH is 1. The maximum Gasteiger partial charge on any atom is 0.314 e. The minimum atomic E-state index is -1.42. The number of hydrogen-bond donors (Lipinski definition) is 2. The van der Waals surface area contributed by atoms with Gasteiger partial charge in [-0.1, -0.05) is 0 Å². The Morgan fingerprint density at radius 1 is 0.636 bits per heavy atom. The first-order valence-corrected chi connectivity index (χ1v) is 13.7. The first-order chi connectivity index (χ1) is 20.5. The third kappa shape index (κ3) is 14.2. The second kappa shape index (κ2) is 17.6. The van der Waals surface area contributed by atoms with E-state index in [2.05, 4.69) is 0 Å². The lowest BCUT2D eigenvalue weighted by molar-refractivity contribution is -0.154. The first kappa shape index (κ1) is 37.6. The number of esters is 2. The van der Waals surface area contributed by atoms with Crippen molar-refractivity contribution in [3.63, 3.8) is 0 Å². The number of aliphatic hydroxyl groups is 2. The van der Waals surface area contributed by atoms with Crippen LogP contribution >= 0.6 is 0 Å². The van der Waals surface area contributed by atoms with Gasteiger partial charge in [0.05, 0.1) is 6.61 Å². The predicted octanol–water partition coefficient (Wildman–Crippen LogP) is 3.08. The highest BCUT2D eigenvalue weighted by Gasteiger charge is 2.33. The molecule has 0 atom stereocenters. The molecule has 12 nitrogen and oxygen atoms in total. The molecule has 0 aliphatic rings. The Bertz CT molecular complexity index is 1290. The van der Waals surface area contributed by atoms with Gasteiger partial charge in [-0.2, -0.15) is 0 Å². The molecule has 0 aliphatic heterocycles. The number of rotatable bonds is 16. The smallest absolute Gasteiger partial charge is 0.314 e. The molecule has 0 heterocycles. The highest BCUT2D eigenvalue weighted by atomic mass is 16.6. The van der Waals surface area contributed by atoms with E-state index in [1.165, 1.54) is 41.5 Å². The Balaban J connectivity index is 0.000000440. The van der Waals surface area contributed by atoms with Crippen LogP contribution in [-0.4, -0.2) is 82.9 Å². The van der Waals surface area contributed by atoms with Crippen molar-refractivity contribution in [2.75, 3.05) is 26.4 Å². The number of hydrogen-bond acceptors (Lipinski definition) is 12. The molecule has 0 bridgehead atoms. The molecule has 0 aromatic heterocycles. The quantitative estimate of drug-likeness (QED) is 0.122. The van der Waals surface area contributed by atoms with Crippen LogP contribution in [0.1, 0.15) is 75.1 Å². The molecule has 0 aliphatic carbocycles. The van der Waals surface area contributed by atoms with Crippen molar-refractivity contribution in [3.05, 3.63) is 59.7 Å². The molecule has 44 heavy (non-hydrogen) atoms. The molecule has 0 radical (unpaired) electrons. The number of carbonyl (C=O) groups is 6. The third-order valence-corrected chi connectivity index (χ3v) is 5.47. The summed E-state index contributed by atoms with van der Waals surface area (Å²) in [6.45, 7) is 8.65. The van der Waals surface area contributed by atoms with Crippen molar-refractivity contribution in [1.82, 2.24) is 0 Å². The lowest BCUT2D eigenvalue weighted by atomic mass is 9.96. The van der Waals surface area contributed by atoms with E-state index in [1.54, 1.807) is 48.5 Å². The Morgan fingerprint density at radius 3 is 1.50 bits per heavy atom. The second-order valence-electron chi connectivity index (χ2n) is 10.6. The normalized spacial score (nSPS) is 10.9.